The van der Waals surface area contributed by atoms with Gasteiger partial charge in [-0.2, -0.15) is 5.10 Å². The number of methoxy groups -OCH3 is 1. The van der Waals surface area contributed by atoms with Crippen LogP contribution in [0, 0.1) is 6.92 Å². The van der Waals surface area contributed by atoms with Crippen molar-refractivity contribution >= 4 is 27.8 Å². The highest BCUT2D eigenvalue weighted by Crippen LogP contribution is 2.28. The number of aromatic nitrogens is 2. The van der Waals surface area contributed by atoms with Gasteiger partial charge in [-0.15, -0.1) is 0 Å². The third kappa shape index (κ3) is 3.89. The van der Waals surface area contributed by atoms with E-state index >= 15 is 0 Å². The lowest BCUT2D eigenvalue weighted by molar-refractivity contribution is -0.143. The highest BCUT2D eigenvalue weighted by Gasteiger charge is 2.30. The Morgan fingerprint density at radius 3 is 2.47 bits per heavy atom. The summed E-state index contributed by atoms with van der Waals surface area (Å²) in [6.07, 6.45) is 2.65. The molecule has 30 heavy (non-hydrogen) atoms. The van der Waals surface area contributed by atoms with Crippen LogP contribution in [0.1, 0.15) is 45.3 Å². The van der Waals surface area contributed by atoms with Crippen molar-refractivity contribution in [1.82, 2.24) is 15.1 Å². The van der Waals surface area contributed by atoms with Gasteiger partial charge in [-0.1, -0.05) is 45.8 Å². The standard InChI is InChI=1S/C23H22BrN3O3/c1-14-6-12-17(13-7-14)27-19-5-3-4-18(19)21(26-27)22(28)25-20(23(29)30-2)15-8-10-16(24)11-9-15/h6-13,20H,3-5H2,1-2H3,(H,25,28). The summed E-state index contributed by atoms with van der Waals surface area (Å²) < 4.78 is 7.66. The molecular formula is C23H22BrN3O3. The molecule has 6 nitrogen and oxygen atoms in total. The molecule has 0 bridgehead atoms. The number of rotatable bonds is 5. The van der Waals surface area contributed by atoms with Gasteiger partial charge in [0.15, 0.2) is 11.7 Å². The summed E-state index contributed by atoms with van der Waals surface area (Å²) in [7, 11) is 1.31. The number of hydrogen-bond donors (Lipinski definition) is 1. The number of esters is 1. The Hall–Kier alpha value is -2.93. The van der Waals surface area contributed by atoms with E-state index in [-0.39, 0.29) is 5.91 Å². The molecule has 7 heteroatoms. The van der Waals surface area contributed by atoms with E-state index in [9.17, 15) is 9.59 Å². The molecule has 0 saturated carbocycles. The molecule has 1 amide bonds. The topological polar surface area (TPSA) is 73.2 Å². The fourth-order valence-electron chi connectivity index (χ4n) is 3.77. The molecule has 2 aromatic carbocycles. The van der Waals surface area contributed by atoms with Crippen LogP contribution in [0.4, 0.5) is 0 Å². The van der Waals surface area contributed by atoms with Gasteiger partial charge >= 0.3 is 5.97 Å². The fourth-order valence-corrected chi connectivity index (χ4v) is 4.03. The van der Waals surface area contributed by atoms with E-state index in [0.29, 0.717) is 11.3 Å². The van der Waals surface area contributed by atoms with Gasteiger partial charge in [0, 0.05) is 15.7 Å². The van der Waals surface area contributed by atoms with Gasteiger partial charge in [0.1, 0.15) is 0 Å². The number of fused-ring (bicyclic) bond motifs is 1. The third-order valence-corrected chi connectivity index (χ3v) is 5.87. The van der Waals surface area contributed by atoms with Crippen LogP contribution in [-0.2, 0) is 22.4 Å². The van der Waals surface area contributed by atoms with Crippen molar-refractivity contribution in [2.24, 2.45) is 0 Å². The molecule has 1 aliphatic carbocycles. The number of nitrogens with one attached hydrogen (secondary N) is 1. The second-order valence-electron chi connectivity index (χ2n) is 7.36. The highest BCUT2D eigenvalue weighted by molar-refractivity contribution is 9.10. The summed E-state index contributed by atoms with van der Waals surface area (Å²) in [6.45, 7) is 2.03. The molecule has 1 unspecified atom stereocenters. The first-order chi connectivity index (χ1) is 14.5. The average Bonchev–Trinajstić information content (AvgIpc) is 3.36. The molecule has 4 rings (SSSR count). The zero-order valence-corrected chi connectivity index (χ0v) is 18.4. The third-order valence-electron chi connectivity index (χ3n) is 5.34. The van der Waals surface area contributed by atoms with Gasteiger partial charge in [-0.05, 0) is 56.0 Å². The first-order valence-electron chi connectivity index (χ1n) is 9.80. The van der Waals surface area contributed by atoms with Gasteiger partial charge in [0.2, 0.25) is 0 Å². The second-order valence-corrected chi connectivity index (χ2v) is 8.27. The molecule has 0 aliphatic heterocycles. The van der Waals surface area contributed by atoms with Crippen molar-refractivity contribution in [3.05, 3.63) is 81.1 Å². The Bertz CT molecular complexity index is 1090. The number of hydrogen-bond acceptors (Lipinski definition) is 4. The number of amides is 1. The van der Waals surface area contributed by atoms with Crippen LogP contribution in [0.3, 0.4) is 0 Å². The monoisotopic (exact) mass is 467 g/mol. The summed E-state index contributed by atoms with van der Waals surface area (Å²) in [5.74, 6) is -0.905. The lowest BCUT2D eigenvalue weighted by atomic mass is 10.1. The molecule has 1 aliphatic rings. The smallest absolute Gasteiger partial charge is 0.333 e. The molecule has 1 N–H and O–H groups in total. The number of halogens is 1. The van der Waals surface area contributed by atoms with Crippen LogP contribution in [-0.4, -0.2) is 28.8 Å². The van der Waals surface area contributed by atoms with Crippen molar-refractivity contribution in [2.45, 2.75) is 32.2 Å². The molecule has 1 atom stereocenters. The maximum Gasteiger partial charge on any atom is 0.333 e. The van der Waals surface area contributed by atoms with E-state index < -0.39 is 12.0 Å². The van der Waals surface area contributed by atoms with Crippen LogP contribution in [0.2, 0.25) is 0 Å². The van der Waals surface area contributed by atoms with Crippen LogP contribution in [0.5, 0.6) is 0 Å². The number of aryl methyl sites for hydroxylation is 1. The van der Waals surface area contributed by atoms with Gasteiger partial charge in [0.05, 0.1) is 12.8 Å². The number of ether oxygens (including phenoxy) is 1. The first kappa shape index (κ1) is 20.3. The van der Waals surface area contributed by atoms with Crippen LogP contribution >= 0.6 is 15.9 Å². The van der Waals surface area contributed by atoms with Gasteiger partial charge in [-0.3, -0.25) is 4.79 Å². The van der Waals surface area contributed by atoms with Crippen molar-refractivity contribution in [1.29, 1.82) is 0 Å². The van der Waals surface area contributed by atoms with Crippen molar-refractivity contribution < 1.29 is 14.3 Å². The lowest BCUT2D eigenvalue weighted by Crippen LogP contribution is -2.35. The van der Waals surface area contributed by atoms with Gasteiger partial charge < -0.3 is 10.1 Å². The maximum absolute atomic E-state index is 13.2. The number of benzene rings is 2. The van der Waals surface area contributed by atoms with Gasteiger partial charge in [0.25, 0.3) is 5.91 Å². The number of carbonyl (C=O) groups is 2. The van der Waals surface area contributed by atoms with Crippen LogP contribution in [0.15, 0.2) is 53.0 Å². The molecule has 1 heterocycles. The zero-order valence-electron chi connectivity index (χ0n) is 16.8. The van der Waals surface area contributed by atoms with E-state index in [0.717, 1.165) is 46.2 Å². The summed E-state index contributed by atoms with van der Waals surface area (Å²) in [6, 6.07) is 14.4. The summed E-state index contributed by atoms with van der Waals surface area (Å²) in [5, 5.41) is 7.44. The van der Waals surface area contributed by atoms with E-state index in [1.54, 1.807) is 12.1 Å². The van der Waals surface area contributed by atoms with Crippen molar-refractivity contribution in [3.63, 3.8) is 0 Å². The minimum absolute atomic E-state index is 0.370. The van der Waals surface area contributed by atoms with E-state index in [4.69, 9.17) is 4.74 Å². The van der Waals surface area contributed by atoms with Crippen molar-refractivity contribution in [3.8, 4) is 5.69 Å². The SMILES string of the molecule is COC(=O)C(NC(=O)c1nn(-c2ccc(C)cc2)c2c1CCC2)c1ccc(Br)cc1. The predicted octanol–water partition coefficient (Wildman–Crippen LogP) is 4.08. The molecule has 1 aromatic heterocycles. The largest absolute Gasteiger partial charge is 0.467 e. The number of nitrogens with zero attached hydrogens (tertiary/aromatic N) is 2. The Balaban J connectivity index is 1.67. The van der Waals surface area contributed by atoms with Crippen LogP contribution in [0.25, 0.3) is 5.69 Å². The predicted molar refractivity (Wildman–Crippen MR) is 117 cm³/mol. The molecule has 3 aromatic rings. The van der Waals surface area contributed by atoms with E-state index in [1.807, 2.05) is 48.0 Å². The molecule has 0 saturated heterocycles. The molecular weight excluding hydrogens is 446 g/mol. The minimum atomic E-state index is -0.905. The Kier molecular flexibility index (Phi) is 5.72. The molecule has 0 spiro atoms. The molecule has 154 valence electrons. The summed E-state index contributed by atoms with van der Waals surface area (Å²) >= 11 is 3.38. The fraction of sp³-hybridized carbons (Fsp3) is 0.261. The lowest BCUT2D eigenvalue weighted by Gasteiger charge is -2.16. The quantitative estimate of drug-likeness (QED) is 0.573. The molecule has 0 fully saturated rings. The summed E-state index contributed by atoms with van der Waals surface area (Å²) in [4.78, 5) is 25.6. The minimum Gasteiger partial charge on any atom is -0.467 e. The van der Waals surface area contributed by atoms with Crippen LogP contribution < -0.4 is 5.32 Å². The Morgan fingerprint density at radius 1 is 1.10 bits per heavy atom. The normalized spacial score (nSPS) is 13.6. The molecule has 0 radical (unpaired) electrons. The Labute approximate surface area is 183 Å². The number of carbonyl (C=O) groups excluding carboxylic acids is 2. The highest BCUT2D eigenvalue weighted by atomic mass is 79.9. The van der Waals surface area contributed by atoms with E-state index in [2.05, 4.69) is 26.3 Å². The maximum atomic E-state index is 13.2. The summed E-state index contributed by atoms with van der Waals surface area (Å²) in [5.41, 5.74) is 5.11. The van der Waals surface area contributed by atoms with Gasteiger partial charge in [-0.25, -0.2) is 9.48 Å². The van der Waals surface area contributed by atoms with E-state index in [1.165, 1.54) is 7.11 Å². The zero-order chi connectivity index (χ0) is 21.3. The first-order valence-corrected chi connectivity index (χ1v) is 10.6. The Morgan fingerprint density at radius 2 is 1.80 bits per heavy atom. The second kappa shape index (κ2) is 8.44. The average molecular weight is 468 g/mol. The van der Waals surface area contributed by atoms with Crippen molar-refractivity contribution in [2.75, 3.05) is 7.11 Å².